The smallest absolute Gasteiger partial charge is 0.350 e. The number of aliphatic carboxylic acids is 1. The number of hydrogen-bond donors (Lipinski definition) is 5. The molecule has 0 bridgehead atoms. The molecule has 1 unspecified atom stereocenters. The molecule has 4 aromatic rings. The third-order valence-corrected chi connectivity index (χ3v) is 4.75. The zero-order valence-electron chi connectivity index (χ0n) is 20.0. The number of rotatable bonds is 8. The van der Waals surface area contributed by atoms with Crippen LogP contribution in [0.25, 0.3) is 5.95 Å². The van der Waals surface area contributed by atoms with Crippen LogP contribution in [0.1, 0.15) is 36.8 Å². The molecule has 12 nitrogen and oxygen atoms in total. The number of anilines is 1. The summed E-state index contributed by atoms with van der Waals surface area (Å²) in [7, 11) is 0. The predicted molar refractivity (Wildman–Crippen MR) is 134 cm³/mol. The molecule has 37 heavy (non-hydrogen) atoms. The second-order valence-corrected chi connectivity index (χ2v) is 7.48. The van der Waals surface area contributed by atoms with Crippen LogP contribution < -0.4 is 21.5 Å². The minimum Gasteiger partial charge on any atom is -0.494 e. The van der Waals surface area contributed by atoms with Crippen molar-refractivity contribution >= 4 is 17.5 Å². The molecular formula is C24H25FN8O4. The highest BCUT2D eigenvalue weighted by Gasteiger charge is 2.24. The number of nitrogen functional groups attached to an aromatic ring is 1. The normalized spacial score (nSPS) is 11.1. The zero-order chi connectivity index (χ0) is 26.9. The highest BCUT2D eigenvalue weighted by atomic mass is 19.1. The average Bonchev–Trinajstić information content (AvgIpc) is 3.26. The topological polar surface area (TPSA) is 185 Å². The third kappa shape index (κ3) is 6.97. The van der Waals surface area contributed by atoms with Gasteiger partial charge in [-0.15, -0.1) is 9.78 Å². The van der Waals surface area contributed by atoms with Crippen molar-refractivity contribution in [3.8, 4) is 11.7 Å². The Kier molecular flexibility index (Phi) is 8.65. The van der Waals surface area contributed by atoms with Gasteiger partial charge in [0.05, 0.1) is 6.61 Å². The maximum atomic E-state index is 15.0. The number of halogens is 1. The van der Waals surface area contributed by atoms with E-state index in [1.54, 1.807) is 36.4 Å². The molecule has 1 atom stereocenters. The molecular weight excluding hydrogens is 483 g/mol. The average molecular weight is 509 g/mol. The van der Waals surface area contributed by atoms with Crippen molar-refractivity contribution in [1.82, 2.24) is 24.7 Å². The van der Waals surface area contributed by atoms with Crippen molar-refractivity contribution in [3.05, 3.63) is 94.2 Å². The molecule has 0 aliphatic heterocycles. The van der Waals surface area contributed by atoms with Crippen LogP contribution in [0.3, 0.4) is 0 Å². The number of H-pyrrole nitrogens is 1. The minimum absolute atomic E-state index is 0.0699. The number of carboxylic acids is 1. The first-order valence-electron chi connectivity index (χ1n) is 11.0. The van der Waals surface area contributed by atoms with Gasteiger partial charge in [0.1, 0.15) is 23.4 Å². The Balaban J connectivity index is 0.000000886. The van der Waals surface area contributed by atoms with E-state index in [-0.39, 0.29) is 23.2 Å². The van der Waals surface area contributed by atoms with Gasteiger partial charge in [-0.25, -0.2) is 19.2 Å². The largest absolute Gasteiger partial charge is 0.494 e. The van der Waals surface area contributed by atoms with Crippen LogP contribution in [0.5, 0.6) is 5.75 Å². The van der Waals surface area contributed by atoms with Crippen molar-refractivity contribution in [2.45, 2.75) is 19.9 Å². The summed E-state index contributed by atoms with van der Waals surface area (Å²) in [6.45, 7) is 3.32. The summed E-state index contributed by atoms with van der Waals surface area (Å²) < 4.78 is 21.5. The fourth-order valence-corrected chi connectivity index (χ4v) is 3.21. The number of carboxylic acid groups (broad SMARTS) is 1. The first kappa shape index (κ1) is 26.5. The molecule has 0 saturated carbocycles. The van der Waals surface area contributed by atoms with E-state index in [1.807, 2.05) is 6.92 Å². The number of nitrogens with two attached hydrogens (primary N) is 1. The van der Waals surface area contributed by atoms with Gasteiger partial charge in [0.25, 0.3) is 11.9 Å². The number of ether oxygens (including phenoxy) is 1. The number of aromatic nitrogens is 5. The van der Waals surface area contributed by atoms with Crippen LogP contribution in [0.15, 0.2) is 65.7 Å². The van der Waals surface area contributed by atoms with Gasteiger partial charge in [0, 0.05) is 36.1 Å². The number of benzene rings is 2. The van der Waals surface area contributed by atoms with E-state index in [0.717, 1.165) is 11.6 Å². The van der Waals surface area contributed by atoms with Crippen LogP contribution in [-0.4, -0.2) is 48.3 Å². The van der Waals surface area contributed by atoms with Gasteiger partial charge in [-0.3, -0.25) is 15.2 Å². The molecule has 4 rings (SSSR count). The summed E-state index contributed by atoms with van der Waals surface area (Å²) in [5, 5.41) is 22.5. The van der Waals surface area contributed by atoms with E-state index in [0.29, 0.717) is 23.6 Å². The molecule has 6 N–H and O–H groups in total. The number of carbonyl (C=O) groups is 1. The molecule has 192 valence electrons. The first-order chi connectivity index (χ1) is 17.7. The van der Waals surface area contributed by atoms with Crippen LogP contribution in [0.2, 0.25) is 0 Å². The second kappa shape index (κ2) is 12.1. The van der Waals surface area contributed by atoms with Crippen molar-refractivity contribution < 1.29 is 19.0 Å². The maximum Gasteiger partial charge on any atom is 0.350 e. The lowest BCUT2D eigenvalue weighted by Gasteiger charge is -2.20. The van der Waals surface area contributed by atoms with Gasteiger partial charge in [0.15, 0.2) is 5.82 Å². The van der Waals surface area contributed by atoms with Crippen LogP contribution in [-0.2, 0) is 4.79 Å². The Morgan fingerprint density at radius 2 is 1.89 bits per heavy atom. The van der Waals surface area contributed by atoms with Crippen LogP contribution in [0.4, 0.5) is 10.1 Å². The Labute approximate surface area is 210 Å². The molecule has 2 aromatic heterocycles. The fraction of sp³-hybridized carbons (Fsp3) is 0.167. The van der Waals surface area contributed by atoms with Gasteiger partial charge >= 0.3 is 5.69 Å². The van der Waals surface area contributed by atoms with E-state index in [9.17, 15) is 9.18 Å². The van der Waals surface area contributed by atoms with Crippen molar-refractivity contribution in [2.75, 3.05) is 11.9 Å². The SMILES string of the molecule is CC(=O)O.CCOc1ccc(F)c(C(Nc2ccc(C(=N)N)cc2)c2nn(-c3ncccn3)c(=O)[nH]2)c1. The van der Waals surface area contributed by atoms with E-state index >= 15 is 0 Å². The zero-order valence-corrected chi connectivity index (χ0v) is 20.0. The fourth-order valence-electron chi connectivity index (χ4n) is 3.21. The molecule has 2 aromatic carbocycles. The Bertz CT molecular complexity index is 1420. The van der Waals surface area contributed by atoms with Gasteiger partial charge in [-0.1, -0.05) is 0 Å². The summed E-state index contributed by atoms with van der Waals surface area (Å²) in [6.07, 6.45) is 2.97. The van der Waals surface area contributed by atoms with Crippen molar-refractivity contribution in [3.63, 3.8) is 0 Å². The van der Waals surface area contributed by atoms with E-state index in [4.69, 9.17) is 25.8 Å². The molecule has 0 aliphatic carbocycles. The molecule has 0 saturated heterocycles. The van der Waals surface area contributed by atoms with E-state index in [1.165, 1.54) is 24.5 Å². The standard InChI is InChI=1S/C22H21FN8O2.C2H4O2/c1-2-33-15-8-9-17(23)16(12-15)18(28-14-6-4-13(5-7-14)19(24)25)20-29-22(32)31(30-20)21-26-10-3-11-27-21;1-2(3)4/h3-12,18,28H,2H2,1H3,(H3,24,25)(H,29,30,32);1H3,(H,3,4). The Morgan fingerprint density at radius 3 is 2.49 bits per heavy atom. The highest BCUT2D eigenvalue weighted by molar-refractivity contribution is 5.95. The molecule has 0 fully saturated rings. The number of aromatic amines is 1. The van der Waals surface area contributed by atoms with Gasteiger partial charge < -0.3 is 20.9 Å². The molecule has 2 heterocycles. The maximum absolute atomic E-state index is 15.0. The number of nitrogens with zero attached hydrogens (tertiary/aromatic N) is 4. The molecule has 0 amide bonds. The minimum atomic E-state index is -0.883. The Morgan fingerprint density at radius 1 is 1.24 bits per heavy atom. The second-order valence-electron chi connectivity index (χ2n) is 7.48. The lowest BCUT2D eigenvalue weighted by molar-refractivity contribution is -0.134. The van der Waals surface area contributed by atoms with Crippen LogP contribution in [0, 0.1) is 11.2 Å². The summed E-state index contributed by atoms with van der Waals surface area (Å²) in [6, 6.07) is 11.8. The number of nitrogens with one attached hydrogen (secondary N) is 3. The Hall–Kier alpha value is -5.07. The number of amidine groups is 1. The molecule has 0 aliphatic rings. The third-order valence-electron chi connectivity index (χ3n) is 4.75. The van der Waals surface area contributed by atoms with Crippen molar-refractivity contribution in [2.24, 2.45) is 5.73 Å². The number of hydrogen-bond acceptors (Lipinski definition) is 8. The molecule has 13 heteroatoms. The van der Waals surface area contributed by atoms with E-state index in [2.05, 4.69) is 25.4 Å². The lowest BCUT2D eigenvalue weighted by atomic mass is 10.0. The molecule has 0 radical (unpaired) electrons. The van der Waals surface area contributed by atoms with Gasteiger partial charge in [-0.2, -0.15) is 0 Å². The van der Waals surface area contributed by atoms with Crippen molar-refractivity contribution in [1.29, 1.82) is 5.41 Å². The summed E-state index contributed by atoms with van der Waals surface area (Å²) in [5.74, 6) is -0.711. The first-order valence-corrected chi connectivity index (χ1v) is 11.0. The van der Waals surface area contributed by atoms with Crippen LogP contribution >= 0.6 is 0 Å². The quantitative estimate of drug-likeness (QED) is 0.176. The predicted octanol–water partition coefficient (Wildman–Crippen LogP) is 2.46. The summed E-state index contributed by atoms with van der Waals surface area (Å²) in [4.78, 5) is 32.3. The summed E-state index contributed by atoms with van der Waals surface area (Å²) in [5.41, 5.74) is 6.30. The monoisotopic (exact) mass is 508 g/mol. The van der Waals surface area contributed by atoms with E-state index < -0.39 is 23.5 Å². The summed E-state index contributed by atoms with van der Waals surface area (Å²) >= 11 is 0. The van der Waals surface area contributed by atoms with Gasteiger partial charge in [-0.05, 0) is 55.5 Å². The molecule has 0 spiro atoms. The highest BCUT2D eigenvalue weighted by Crippen LogP contribution is 2.29. The van der Waals surface area contributed by atoms with Gasteiger partial charge in [0.2, 0.25) is 0 Å². The lowest BCUT2D eigenvalue weighted by Crippen LogP contribution is -2.18.